The summed E-state index contributed by atoms with van der Waals surface area (Å²) in [6.45, 7) is 3.68. The molecule has 2 aromatic carbocycles. The van der Waals surface area contributed by atoms with Gasteiger partial charge >= 0.3 is 0 Å². The molecule has 136 valence electrons. The van der Waals surface area contributed by atoms with E-state index >= 15 is 0 Å². The van der Waals surface area contributed by atoms with Crippen LogP contribution >= 0.6 is 11.6 Å². The monoisotopic (exact) mass is 373 g/mol. The molecule has 1 aliphatic heterocycles. The number of hydrogen-bond donors (Lipinski definition) is 1. The number of hydrogen-bond acceptors (Lipinski definition) is 4. The van der Waals surface area contributed by atoms with Crippen molar-refractivity contribution in [1.82, 2.24) is 0 Å². The number of rotatable bonds is 6. The molecule has 0 saturated carbocycles. The molecule has 26 heavy (non-hydrogen) atoms. The molecule has 1 aliphatic rings. The minimum Gasteiger partial charge on any atom is -0.490 e. The number of Topliss-reactive ketones (excluding diaryl/α,β-unsaturated/α-hetero) is 1. The second-order valence-electron chi connectivity index (χ2n) is 6.45. The van der Waals surface area contributed by atoms with Gasteiger partial charge in [0, 0.05) is 12.0 Å². The Morgan fingerprint density at radius 1 is 1.23 bits per heavy atom. The average molecular weight is 374 g/mol. The number of aliphatic hydroxyl groups is 1. The number of benzene rings is 2. The molecule has 1 atom stereocenters. The average Bonchev–Trinajstić information content (AvgIpc) is 2.79. The molecule has 1 heterocycles. The van der Waals surface area contributed by atoms with Gasteiger partial charge in [-0.2, -0.15) is 0 Å². The van der Waals surface area contributed by atoms with Crippen LogP contribution in [0.5, 0.6) is 5.75 Å². The number of carbonyl (C=O) groups excluding carboxylic acids is 2. The molecular formula is C20H20ClNO4. The van der Waals surface area contributed by atoms with Crippen LogP contribution in [0.3, 0.4) is 0 Å². The van der Waals surface area contributed by atoms with E-state index < -0.39 is 11.5 Å². The molecule has 0 spiro atoms. The predicted molar refractivity (Wildman–Crippen MR) is 99.7 cm³/mol. The van der Waals surface area contributed by atoms with Crippen LogP contribution in [0.2, 0.25) is 5.02 Å². The molecule has 3 rings (SSSR count). The van der Waals surface area contributed by atoms with E-state index in [2.05, 4.69) is 0 Å². The third-order valence-corrected chi connectivity index (χ3v) is 4.78. The molecule has 5 nitrogen and oxygen atoms in total. The fraction of sp³-hybridized carbons (Fsp3) is 0.300. The summed E-state index contributed by atoms with van der Waals surface area (Å²) in [5, 5.41) is 11.5. The first kappa shape index (κ1) is 18.4. The maximum Gasteiger partial charge on any atom is 0.264 e. The second kappa shape index (κ2) is 7.09. The molecule has 0 radical (unpaired) electrons. The van der Waals surface area contributed by atoms with Crippen molar-refractivity contribution >= 4 is 29.0 Å². The van der Waals surface area contributed by atoms with Gasteiger partial charge in [0.15, 0.2) is 5.60 Å². The van der Waals surface area contributed by atoms with Gasteiger partial charge in [-0.1, -0.05) is 41.9 Å². The Morgan fingerprint density at radius 2 is 1.96 bits per heavy atom. The summed E-state index contributed by atoms with van der Waals surface area (Å²) in [5.74, 6) is -0.216. The van der Waals surface area contributed by atoms with Gasteiger partial charge in [0.05, 0.1) is 17.3 Å². The van der Waals surface area contributed by atoms with E-state index in [0.717, 1.165) is 5.56 Å². The van der Waals surface area contributed by atoms with E-state index in [4.69, 9.17) is 16.3 Å². The number of nitrogens with zero attached hydrogens (tertiary/aromatic N) is 1. The number of amides is 1. The van der Waals surface area contributed by atoms with Crippen molar-refractivity contribution in [1.29, 1.82) is 0 Å². The van der Waals surface area contributed by atoms with Crippen LogP contribution in [-0.4, -0.2) is 29.9 Å². The fourth-order valence-electron chi connectivity index (χ4n) is 3.34. The van der Waals surface area contributed by atoms with Gasteiger partial charge in [0.1, 0.15) is 18.1 Å². The number of carbonyl (C=O) groups is 2. The highest BCUT2D eigenvalue weighted by molar-refractivity contribution is 6.32. The van der Waals surface area contributed by atoms with Crippen molar-refractivity contribution in [2.45, 2.75) is 25.9 Å². The highest BCUT2D eigenvalue weighted by Crippen LogP contribution is 2.44. The number of aryl methyl sites for hydroxylation is 1. The van der Waals surface area contributed by atoms with E-state index in [1.807, 2.05) is 19.1 Å². The number of ketones is 1. The summed E-state index contributed by atoms with van der Waals surface area (Å²) >= 11 is 6.07. The molecular weight excluding hydrogens is 354 g/mol. The maximum atomic E-state index is 12.9. The molecule has 0 saturated heterocycles. The predicted octanol–water partition coefficient (Wildman–Crippen LogP) is 3.24. The van der Waals surface area contributed by atoms with Gasteiger partial charge in [-0.15, -0.1) is 0 Å². The van der Waals surface area contributed by atoms with Gasteiger partial charge in [-0.25, -0.2) is 0 Å². The second-order valence-corrected chi connectivity index (χ2v) is 6.85. The van der Waals surface area contributed by atoms with Crippen LogP contribution in [0.1, 0.15) is 24.5 Å². The first-order chi connectivity index (χ1) is 12.3. The zero-order valence-electron chi connectivity index (χ0n) is 14.7. The Kier molecular flexibility index (Phi) is 5.03. The SMILES string of the molecule is CC(=O)C[C@]1(O)C(=O)N(CCOc2ccccc2Cl)c2c(C)cccc21. The van der Waals surface area contributed by atoms with Crippen LogP contribution in [0, 0.1) is 6.92 Å². The van der Waals surface area contributed by atoms with E-state index in [-0.39, 0.29) is 25.4 Å². The normalized spacial score (nSPS) is 18.8. The van der Waals surface area contributed by atoms with E-state index in [9.17, 15) is 14.7 Å². The Labute approximate surface area is 157 Å². The topological polar surface area (TPSA) is 66.8 Å². The lowest BCUT2D eigenvalue weighted by Crippen LogP contribution is -2.43. The first-order valence-corrected chi connectivity index (χ1v) is 8.73. The number of fused-ring (bicyclic) bond motifs is 1. The van der Waals surface area contributed by atoms with Crippen molar-refractivity contribution in [2.75, 3.05) is 18.1 Å². The lowest BCUT2D eigenvalue weighted by molar-refractivity contribution is -0.141. The molecule has 1 N–H and O–H groups in total. The Hall–Kier alpha value is -2.37. The van der Waals surface area contributed by atoms with Gasteiger partial charge in [0.25, 0.3) is 5.91 Å². The lowest BCUT2D eigenvalue weighted by atomic mass is 9.89. The largest absolute Gasteiger partial charge is 0.490 e. The van der Waals surface area contributed by atoms with Crippen molar-refractivity contribution in [2.24, 2.45) is 0 Å². The third-order valence-electron chi connectivity index (χ3n) is 4.47. The van der Waals surface area contributed by atoms with Gasteiger partial charge in [0.2, 0.25) is 0 Å². The molecule has 6 heteroatoms. The number of ether oxygens (including phenoxy) is 1. The summed E-state index contributed by atoms with van der Waals surface area (Å²) < 4.78 is 5.68. The van der Waals surface area contributed by atoms with Gasteiger partial charge in [-0.3, -0.25) is 9.59 Å². The standard InChI is InChI=1S/C20H20ClNO4/c1-13-6-5-7-15-18(13)22(19(24)20(15,25)12-14(2)23)10-11-26-17-9-4-3-8-16(17)21/h3-9,25H,10-12H2,1-2H3/t20-/m1/s1. The number of anilines is 1. The minimum absolute atomic E-state index is 0.208. The smallest absolute Gasteiger partial charge is 0.264 e. The van der Waals surface area contributed by atoms with Crippen LogP contribution in [0.25, 0.3) is 0 Å². The summed E-state index contributed by atoms with van der Waals surface area (Å²) in [6.07, 6.45) is -0.246. The lowest BCUT2D eigenvalue weighted by Gasteiger charge is -2.22. The molecule has 0 unspecified atom stereocenters. The van der Waals surface area contributed by atoms with Crippen LogP contribution < -0.4 is 9.64 Å². The first-order valence-electron chi connectivity index (χ1n) is 8.36. The Bertz CT molecular complexity index is 867. The molecule has 0 fully saturated rings. The third kappa shape index (κ3) is 3.20. The van der Waals surface area contributed by atoms with Crippen LogP contribution in [0.15, 0.2) is 42.5 Å². The van der Waals surface area contributed by atoms with Crippen LogP contribution in [-0.2, 0) is 15.2 Å². The number of para-hydroxylation sites is 2. The van der Waals surface area contributed by atoms with Crippen LogP contribution in [0.4, 0.5) is 5.69 Å². The van der Waals surface area contributed by atoms with Crippen molar-refractivity contribution in [3.05, 3.63) is 58.6 Å². The van der Waals surface area contributed by atoms with E-state index in [1.54, 1.807) is 30.3 Å². The highest BCUT2D eigenvalue weighted by Gasteiger charge is 2.50. The molecule has 1 amide bonds. The van der Waals surface area contributed by atoms with Gasteiger partial charge < -0.3 is 14.7 Å². The summed E-state index contributed by atoms with van der Waals surface area (Å²) in [7, 11) is 0. The molecule has 2 aromatic rings. The maximum absolute atomic E-state index is 12.9. The van der Waals surface area contributed by atoms with Gasteiger partial charge in [-0.05, 0) is 31.5 Å². The zero-order chi connectivity index (χ0) is 18.9. The van der Waals surface area contributed by atoms with Crippen molar-refractivity contribution in [3.8, 4) is 5.75 Å². The van der Waals surface area contributed by atoms with E-state index in [1.165, 1.54) is 11.8 Å². The molecule has 0 aliphatic carbocycles. The summed E-state index contributed by atoms with van der Waals surface area (Å²) in [6, 6.07) is 12.4. The Balaban J connectivity index is 1.85. The van der Waals surface area contributed by atoms with E-state index in [0.29, 0.717) is 22.0 Å². The highest BCUT2D eigenvalue weighted by atomic mass is 35.5. The zero-order valence-corrected chi connectivity index (χ0v) is 15.4. The Morgan fingerprint density at radius 3 is 2.65 bits per heavy atom. The molecule has 0 aromatic heterocycles. The summed E-state index contributed by atoms with van der Waals surface area (Å²) in [5.41, 5.74) is 0.143. The number of halogens is 1. The summed E-state index contributed by atoms with van der Waals surface area (Å²) in [4.78, 5) is 26.0. The minimum atomic E-state index is -1.82. The van der Waals surface area contributed by atoms with Crippen molar-refractivity contribution < 1.29 is 19.4 Å². The quantitative estimate of drug-likeness (QED) is 0.844. The fourth-order valence-corrected chi connectivity index (χ4v) is 3.53. The van der Waals surface area contributed by atoms with Crippen molar-refractivity contribution in [3.63, 3.8) is 0 Å². The molecule has 0 bridgehead atoms.